The van der Waals surface area contributed by atoms with Crippen molar-refractivity contribution in [2.45, 2.75) is 32.5 Å². The van der Waals surface area contributed by atoms with E-state index in [0.29, 0.717) is 12.1 Å². The molecule has 1 aromatic heterocycles. The number of nitrogens with zero attached hydrogens (tertiary/aromatic N) is 4. The van der Waals surface area contributed by atoms with E-state index in [0.717, 1.165) is 25.3 Å². The first-order chi connectivity index (χ1) is 9.74. The number of hydrogen-bond acceptors (Lipinski definition) is 4. The van der Waals surface area contributed by atoms with Gasteiger partial charge in [-0.15, -0.1) is 12.4 Å². The van der Waals surface area contributed by atoms with Gasteiger partial charge in [-0.2, -0.15) is 5.10 Å². The minimum atomic E-state index is 0. The van der Waals surface area contributed by atoms with Gasteiger partial charge < -0.3 is 5.32 Å². The van der Waals surface area contributed by atoms with E-state index in [9.17, 15) is 0 Å². The van der Waals surface area contributed by atoms with Gasteiger partial charge in [-0.05, 0) is 31.5 Å². The van der Waals surface area contributed by atoms with Crippen molar-refractivity contribution in [1.29, 1.82) is 0 Å². The Balaban J connectivity index is 0.00000161. The second-order valence-corrected chi connectivity index (χ2v) is 5.54. The van der Waals surface area contributed by atoms with Gasteiger partial charge in [-0.1, -0.05) is 12.1 Å². The lowest BCUT2D eigenvalue weighted by Gasteiger charge is -2.39. The Hall–Kier alpha value is -1.43. The molecule has 0 radical (unpaired) electrons. The highest BCUT2D eigenvalue weighted by Crippen LogP contribution is 2.16. The first-order valence-corrected chi connectivity index (χ1v) is 7.14. The largest absolute Gasteiger partial charge is 0.314 e. The highest BCUT2D eigenvalue weighted by Gasteiger charge is 2.24. The summed E-state index contributed by atoms with van der Waals surface area (Å²) in [6.07, 6.45) is 3.27. The van der Waals surface area contributed by atoms with E-state index in [-0.39, 0.29) is 12.4 Å². The van der Waals surface area contributed by atoms with E-state index in [4.69, 9.17) is 0 Å². The van der Waals surface area contributed by atoms with Crippen molar-refractivity contribution in [3.63, 3.8) is 0 Å². The van der Waals surface area contributed by atoms with Gasteiger partial charge in [0.15, 0.2) is 0 Å². The predicted molar refractivity (Wildman–Crippen MR) is 85.9 cm³/mol. The molecule has 1 aromatic carbocycles. The molecule has 21 heavy (non-hydrogen) atoms. The van der Waals surface area contributed by atoms with Crippen molar-refractivity contribution in [2.75, 3.05) is 13.1 Å². The van der Waals surface area contributed by atoms with Gasteiger partial charge in [0.05, 0.1) is 5.69 Å². The third-order valence-corrected chi connectivity index (χ3v) is 4.00. The SMILES string of the molecule is CC1CNCC(C)N1Cc1ccc(-n2cncn2)cc1.Cl. The van der Waals surface area contributed by atoms with Gasteiger partial charge in [0.25, 0.3) is 0 Å². The fourth-order valence-corrected chi connectivity index (χ4v) is 2.79. The lowest BCUT2D eigenvalue weighted by molar-refractivity contribution is 0.109. The minimum absolute atomic E-state index is 0. The Morgan fingerprint density at radius 1 is 1.14 bits per heavy atom. The first-order valence-electron chi connectivity index (χ1n) is 7.14. The summed E-state index contributed by atoms with van der Waals surface area (Å²) in [6, 6.07) is 9.71. The molecule has 2 heterocycles. The van der Waals surface area contributed by atoms with Crippen molar-refractivity contribution >= 4 is 12.4 Å². The molecule has 1 aliphatic rings. The number of halogens is 1. The summed E-state index contributed by atoms with van der Waals surface area (Å²) in [7, 11) is 0. The zero-order valence-electron chi connectivity index (χ0n) is 12.4. The number of nitrogens with one attached hydrogen (secondary N) is 1. The molecule has 1 aliphatic heterocycles. The van der Waals surface area contributed by atoms with Gasteiger partial charge in [0.1, 0.15) is 12.7 Å². The summed E-state index contributed by atoms with van der Waals surface area (Å²) >= 11 is 0. The standard InChI is InChI=1S/C15H21N5.ClH/c1-12-7-16-8-13(2)19(12)9-14-3-5-15(6-4-14)20-11-17-10-18-20;/h3-6,10-13,16H,7-9H2,1-2H3;1H. The maximum atomic E-state index is 4.14. The molecule has 114 valence electrons. The smallest absolute Gasteiger partial charge is 0.138 e. The van der Waals surface area contributed by atoms with Crippen molar-refractivity contribution in [3.05, 3.63) is 42.5 Å². The Labute approximate surface area is 131 Å². The van der Waals surface area contributed by atoms with Crippen LogP contribution >= 0.6 is 12.4 Å². The van der Waals surface area contributed by atoms with Crippen molar-refractivity contribution < 1.29 is 0 Å². The highest BCUT2D eigenvalue weighted by molar-refractivity contribution is 5.85. The number of rotatable bonds is 3. The summed E-state index contributed by atoms with van der Waals surface area (Å²) in [5, 5.41) is 7.61. The van der Waals surface area contributed by atoms with Crippen LogP contribution in [0.4, 0.5) is 0 Å². The molecule has 0 spiro atoms. The molecule has 1 fully saturated rings. The molecule has 2 unspecified atom stereocenters. The molecule has 2 atom stereocenters. The second kappa shape index (κ2) is 7.02. The van der Waals surface area contributed by atoms with Crippen LogP contribution < -0.4 is 5.32 Å². The molecule has 3 rings (SSSR count). The number of piperazine rings is 1. The molecule has 6 heteroatoms. The van der Waals surface area contributed by atoms with Crippen LogP contribution in [0.5, 0.6) is 0 Å². The predicted octanol–water partition coefficient (Wildman–Crippen LogP) is 1.87. The molecular weight excluding hydrogens is 286 g/mol. The van der Waals surface area contributed by atoms with Crippen LogP contribution in [0.25, 0.3) is 5.69 Å². The quantitative estimate of drug-likeness (QED) is 0.940. The molecule has 1 saturated heterocycles. The molecule has 1 N–H and O–H groups in total. The average Bonchev–Trinajstić information content (AvgIpc) is 2.98. The van der Waals surface area contributed by atoms with E-state index >= 15 is 0 Å². The molecule has 0 saturated carbocycles. The van der Waals surface area contributed by atoms with E-state index < -0.39 is 0 Å². The van der Waals surface area contributed by atoms with Crippen molar-refractivity contribution in [3.8, 4) is 5.69 Å². The van der Waals surface area contributed by atoms with E-state index in [1.807, 2.05) is 0 Å². The lowest BCUT2D eigenvalue weighted by atomic mass is 10.1. The maximum Gasteiger partial charge on any atom is 0.138 e. The lowest BCUT2D eigenvalue weighted by Crippen LogP contribution is -2.54. The zero-order valence-corrected chi connectivity index (χ0v) is 13.3. The van der Waals surface area contributed by atoms with E-state index in [1.54, 1.807) is 17.3 Å². The molecular formula is C15H22ClN5. The Morgan fingerprint density at radius 3 is 2.38 bits per heavy atom. The van der Waals surface area contributed by atoms with Gasteiger partial charge in [-0.25, -0.2) is 9.67 Å². The summed E-state index contributed by atoms with van der Waals surface area (Å²) < 4.78 is 1.78. The molecule has 0 bridgehead atoms. The van der Waals surface area contributed by atoms with Crippen LogP contribution in [0.15, 0.2) is 36.9 Å². The summed E-state index contributed by atoms with van der Waals surface area (Å²) in [6.45, 7) is 7.71. The molecule has 0 amide bonds. The molecule has 0 aliphatic carbocycles. The fourth-order valence-electron chi connectivity index (χ4n) is 2.79. The van der Waals surface area contributed by atoms with Crippen LogP contribution in [-0.2, 0) is 6.54 Å². The average molecular weight is 308 g/mol. The highest BCUT2D eigenvalue weighted by atomic mass is 35.5. The molecule has 2 aromatic rings. The summed E-state index contributed by atoms with van der Waals surface area (Å²) in [4.78, 5) is 6.53. The van der Waals surface area contributed by atoms with Gasteiger partial charge in [0, 0.05) is 31.7 Å². The maximum absolute atomic E-state index is 4.14. The summed E-state index contributed by atoms with van der Waals surface area (Å²) in [5.41, 5.74) is 2.39. The Kier molecular flexibility index (Phi) is 5.33. The molecule has 5 nitrogen and oxygen atoms in total. The third-order valence-electron chi connectivity index (χ3n) is 4.00. The number of hydrogen-bond donors (Lipinski definition) is 1. The third kappa shape index (κ3) is 3.61. The number of aromatic nitrogens is 3. The second-order valence-electron chi connectivity index (χ2n) is 5.54. The van der Waals surface area contributed by atoms with E-state index in [2.05, 4.69) is 58.4 Å². The van der Waals surface area contributed by atoms with Crippen LogP contribution in [0.2, 0.25) is 0 Å². The van der Waals surface area contributed by atoms with Gasteiger partial charge in [0.2, 0.25) is 0 Å². The Morgan fingerprint density at radius 2 is 1.81 bits per heavy atom. The van der Waals surface area contributed by atoms with Crippen molar-refractivity contribution in [2.24, 2.45) is 0 Å². The van der Waals surface area contributed by atoms with Crippen molar-refractivity contribution in [1.82, 2.24) is 25.0 Å². The van der Waals surface area contributed by atoms with Crippen LogP contribution in [-0.4, -0.2) is 44.8 Å². The van der Waals surface area contributed by atoms with Crippen LogP contribution in [0, 0.1) is 0 Å². The topological polar surface area (TPSA) is 46.0 Å². The Bertz CT molecular complexity index is 530. The first kappa shape index (κ1) is 15.9. The van der Waals surface area contributed by atoms with Crippen LogP contribution in [0.1, 0.15) is 19.4 Å². The normalized spacial score (nSPS) is 22.8. The fraction of sp³-hybridized carbons (Fsp3) is 0.467. The number of benzene rings is 1. The summed E-state index contributed by atoms with van der Waals surface area (Å²) in [5.74, 6) is 0. The van der Waals surface area contributed by atoms with Gasteiger partial charge >= 0.3 is 0 Å². The van der Waals surface area contributed by atoms with E-state index in [1.165, 1.54) is 5.56 Å². The van der Waals surface area contributed by atoms with Gasteiger partial charge in [-0.3, -0.25) is 4.90 Å². The minimum Gasteiger partial charge on any atom is -0.314 e. The zero-order chi connectivity index (χ0) is 13.9. The monoisotopic (exact) mass is 307 g/mol. The van der Waals surface area contributed by atoms with Crippen LogP contribution in [0.3, 0.4) is 0 Å².